The van der Waals surface area contributed by atoms with E-state index in [9.17, 15) is 0 Å². The van der Waals surface area contributed by atoms with Gasteiger partial charge in [-0.1, -0.05) is 71.7 Å². The van der Waals surface area contributed by atoms with Gasteiger partial charge in [-0.25, -0.2) is 0 Å². The van der Waals surface area contributed by atoms with Gasteiger partial charge in [0.15, 0.2) is 0 Å². The molecular formula is C21H18Cl2O. The molecule has 3 aromatic carbocycles. The SMILES string of the molecule is CC(Oc1ccc(Cc2ccccc2)cc1Cl)c1ccc(Cl)cc1. The summed E-state index contributed by atoms with van der Waals surface area (Å²) in [6, 6.07) is 23.9. The molecule has 3 heteroatoms. The molecular weight excluding hydrogens is 339 g/mol. The van der Waals surface area contributed by atoms with E-state index in [0.29, 0.717) is 15.8 Å². The fourth-order valence-electron chi connectivity index (χ4n) is 2.57. The van der Waals surface area contributed by atoms with E-state index < -0.39 is 0 Å². The number of rotatable bonds is 5. The molecule has 1 atom stereocenters. The number of hydrogen-bond donors (Lipinski definition) is 0. The second kappa shape index (κ2) is 7.74. The highest BCUT2D eigenvalue weighted by Gasteiger charge is 2.10. The Labute approximate surface area is 152 Å². The Morgan fingerprint density at radius 1 is 0.833 bits per heavy atom. The smallest absolute Gasteiger partial charge is 0.138 e. The van der Waals surface area contributed by atoms with Crippen LogP contribution in [0.3, 0.4) is 0 Å². The molecule has 24 heavy (non-hydrogen) atoms. The first-order valence-corrected chi connectivity index (χ1v) is 8.62. The summed E-state index contributed by atoms with van der Waals surface area (Å²) >= 11 is 12.3. The van der Waals surface area contributed by atoms with Gasteiger partial charge < -0.3 is 4.74 Å². The Balaban J connectivity index is 1.71. The van der Waals surface area contributed by atoms with E-state index in [1.165, 1.54) is 5.56 Å². The van der Waals surface area contributed by atoms with Gasteiger partial charge in [-0.05, 0) is 54.3 Å². The van der Waals surface area contributed by atoms with Gasteiger partial charge in [0.1, 0.15) is 11.9 Å². The van der Waals surface area contributed by atoms with E-state index >= 15 is 0 Å². The van der Waals surface area contributed by atoms with Crippen molar-refractivity contribution in [1.29, 1.82) is 0 Å². The van der Waals surface area contributed by atoms with Crippen molar-refractivity contribution >= 4 is 23.2 Å². The Bertz CT molecular complexity index is 798. The van der Waals surface area contributed by atoms with Crippen molar-refractivity contribution in [3.05, 3.63) is 99.5 Å². The molecule has 1 nitrogen and oxygen atoms in total. The first-order chi connectivity index (χ1) is 11.6. The van der Waals surface area contributed by atoms with E-state index in [-0.39, 0.29) is 6.10 Å². The average Bonchev–Trinajstić information content (AvgIpc) is 2.59. The highest BCUT2D eigenvalue weighted by atomic mass is 35.5. The molecule has 0 aliphatic heterocycles. The normalized spacial score (nSPS) is 12.0. The molecule has 0 heterocycles. The molecule has 0 aliphatic rings. The quantitative estimate of drug-likeness (QED) is 0.492. The first kappa shape index (κ1) is 16.9. The molecule has 0 spiro atoms. The summed E-state index contributed by atoms with van der Waals surface area (Å²) in [6.45, 7) is 2.00. The lowest BCUT2D eigenvalue weighted by Gasteiger charge is -2.17. The summed E-state index contributed by atoms with van der Waals surface area (Å²) in [7, 11) is 0. The second-order valence-corrected chi connectivity index (χ2v) is 6.58. The minimum atomic E-state index is -0.0975. The Morgan fingerprint density at radius 2 is 1.54 bits per heavy atom. The lowest BCUT2D eigenvalue weighted by Crippen LogP contribution is -2.03. The van der Waals surface area contributed by atoms with Crippen LogP contribution in [0.5, 0.6) is 5.75 Å². The maximum absolute atomic E-state index is 6.41. The van der Waals surface area contributed by atoms with Crippen LogP contribution in [0.15, 0.2) is 72.8 Å². The average molecular weight is 357 g/mol. The predicted molar refractivity (Wildman–Crippen MR) is 101 cm³/mol. The van der Waals surface area contributed by atoms with Crippen LogP contribution in [0.4, 0.5) is 0 Å². The van der Waals surface area contributed by atoms with E-state index in [1.54, 1.807) is 0 Å². The van der Waals surface area contributed by atoms with E-state index in [1.807, 2.05) is 61.5 Å². The minimum Gasteiger partial charge on any atom is -0.484 e. The van der Waals surface area contributed by atoms with Crippen LogP contribution in [0.25, 0.3) is 0 Å². The Morgan fingerprint density at radius 3 is 2.21 bits per heavy atom. The summed E-state index contributed by atoms with van der Waals surface area (Å²) in [5.74, 6) is 0.691. The first-order valence-electron chi connectivity index (χ1n) is 7.86. The number of benzene rings is 3. The second-order valence-electron chi connectivity index (χ2n) is 5.74. The van der Waals surface area contributed by atoms with Gasteiger partial charge in [0.05, 0.1) is 5.02 Å². The molecule has 0 N–H and O–H groups in total. The standard InChI is InChI=1S/C21H18Cl2O/c1-15(18-8-10-19(22)11-9-18)24-21-12-7-17(14-20(21)23)13-16-5-3-2-4-6-16/h2-12,14-15H,13H2,1H3. The van der Waals surface area contributed by atoms with Gasteiger partial charge in [-0.2, -0.15) is 0 Å². The van der Waals surface area contributed by atoms with Gasteiger partial charge in [-0.15, -0.1) is 0 Å². The van der Waals surface area contributed by atoms with E-state index in [4.69, 9.17) is 27.9 Å². The molecule has 0 amide bonds. The van der Waals surface area contributed by atoms with Gasteiger partial charge in [0.25, 0.3) is 0 Å². The van der Waals surface area contributed by atoms with Crippen LogP contribution in [0.1, 0.15) is 29.7 Å². The van der Waals surface area contributed by atoms with Crippen LogP contribution in [-0.4, -0.2) is 0 Å². The lowest BCUT2D eigenvalue weighted by atomic mass is 10.1. The van der Waals surface area contributed by atoms with E-state index in [0.717, 1.165) is 17.5 Å². The van der Waals surface area contributed by atoms with Crippen molar-refractivity contribution in [2.75, 3.05) is 0 Å². The maximum Gasteiger partial charge on any atom is 0.138 e. The van der Waals surface area contributed by atoms with Crippen LogP contribution in [0.2, 0.25) is 10.0 Å². The third-order valence-corrected chi connectivity index (χ3v) is 4.44. The van der Waals surface area contributed by atoms with Crippen molar-refractivity contribution < 1.29 is 4.74 Å². The maximum atomic E-state index is 6.41. The summed E-state index contributed by atoms with van der Waals surface area (Å²) in [5, 5.41) is 1.35. The van der Waals surface area contributed by atoms with Gasteiger partial charge in [-0.3, -0.25) is 0 Å². The zero-order valence-corrected chi connectivity index (χ0v) is 14.9. The molecule has 0 aromatic heterocycles. The summed E-state index contributed by atoms with van der Waals surface area (Å²) in [6.07, 6.45) is 0.757. The van der Waals surface area contributed by atoms with E-state index in [2.05, 4.69) is 18.2 Å². The molecule has 122 valence electrons. The molecule has 1 unspecified atom stereocenters. The highest BCUT2D eigenvalue weighted by Crippen LogP contribution is 2.31. The lowest BCUT2D eigenvalue weighted by molar-refractivity contribution is 0.227. The Kier molecular flexibility index (Phi) is 5.44. The number of hydrogen-bond acceptors (Lipinski definition) is 1. The molecule has 0 fully saturated rings. The van der Waals surface area contributed by atoms with Crippen molar-refractivity contribution in [3.63, 3.8) is 0 Å². The fourth-order valence-corrected chi connectivity index (χ4v) is 2.95. The summed E-state index contributed by atoms with van der Waals surface area (Å²) < 4.78 is 6.00. The van der Waals surface area contributed by atoms with Gasteiger partial charge >= 0.3 is 0 Å². The van der Waals surface area contributed by atoms with Crippen molar-refractivity contribution in [3.8, 4) is 5.75 Å². The van der Waals surface area contributed by atoms with Crippen LogP contribution in [0, 0.1) is 0 Å². The molecule has 0 saturated heterocycles. The monoisotopic (exact) mass is 356 g/mol. The molecule has 3 rings (SSSR count). The minimum absolute atomic E-state index is 0.0975. The third-order valence-electron chi connectivity index (χ3n) is 3.89. The summed E-state index contributed by atoms with van der Waals surface area (Å²) in [4.78, 5) is 0. The third kappa shape index (κ3) is 4.31. The van der Waals surface area contributed by atoms with Crippen molar-refractivity contribution in [1.82, 2.24) is 0 Å². The Hall–Kier alpha value is -1.96. The van der Waals surface area contributed by atoms with Gasteiger partial charge in [0.2, 0.25) is 0 Å². The fraction of sp³-hybridized carbons (Fsp3) is 0.143. The zero-order chi connectivity index (χ0) is 16.9. The van der Waals surface area contributed by atoms with Crippen LogP contribution < -0.4 is 4.74 Å². The molecule has 0 bridgehead atoms. The van der Waals surface area contributed by atoms with Crippen LogP contribution in [-0.2, 0) is 6.42 Å². The number of ether oxygens (including phenoxy) is 1. The zero-order valence-electron chi connectivity index (χ0n) is 13.4. The molecule has 3 aromatic rings. The number of halogens is 2. The molecule has 0 saturated carbocycles. The molecule has 0 radical (unpaired) electrons. The van der Waals surface area contributed by atoms with Crippen molar-refractivity contribution in [2.24, 2.45) is 0 Å². The largest absolute Gasteiger partial charge is 0.484 e. The predicted octanol–water partition coefficient (Wildman–Crippen LogP) is 6.72. The van der Waals surface area contributed by atoms with Crippen LogP contribution >= 0.6 is 23.2 Å². The topological polar surface area (TPSA) is 9.23 Å². The van der Waals surface area contributed by atoms with Gasteiger partial charge in [0, 0.05) is 5.02 Å². The highest BCUT2D eigenvalue weighted by molar-refractivity contribution is 6.32. The molecule has 0 aliphatic carbocycles. The van der Waals surface area contributed by atoms with Crippen molar-refractivity contribution in [2.45, 2.75) is 19.4 Å². The summed E-state index contributed by atoms with van der Waals surface area (Å²) in [5.41, 5.74) is 3.48.